The summed E-state index contributed by atoms with van der Waals surface area (Å²) < 4.78 is 11.0. The van der Waals surface area contributed by atoms with Crippen molar-refractivity contribution in [3.63, 3.8) is 0 Å². The number of nitrogens with one attached hydrogen (secondary N) is 1. The highest BCUT2D eigenvalue weighted by Crippen LogP contribution is 2.12. The van der Waals surface area contributed by atoms with Crippen LogP contribution in [0.4, 0.5) is 0 Å². The first-order valence-electron chi connectivity index (χ1n) is 7.49. The maximum atomic E-state index is 5.66. The van der Waals surface area contributed by atoms with Crippen molar-refractivity contribution in [2.45, 2.75) is 39.2 Å². The van der Waals surface area contributed by atoms with Crippen molar-refractivity contribution in [2.24, 2.45) is 0 Å². The molecule has 0 aromatic heterocycles. The van der Waals surface area contributed by atoms with Crippen molar-refractivity contribution < 1.29 is 9.47 Å². The van der Waals surface area contributed by atoms with Gasteiger partial charge in [0, 0.05) is 46.0 Å². The Bertz CT molecular complexity index is 183. The Morgan fingerprint density at radius 3 is 2.56 bits per heavy atom. The molecule has 1 N–H and O–H groups in total. The predicted octanol–water partition coefficient (Wildman–Crippen LogP) is 1.50. The molecule has 1 heterocycles. The molecule has 1 aliphatic rings. The Morgan fingerprint density at radius 2 is 1.89 bits per heavy atom. The molecule has 0 amide bonds. The topological polar surface area (TPSA) is 33.7 Å². The third-order valence-corrected chi connectivity index (χ3v) is 3.39. The van der Waals surface area contributed by atoms with Gasteiger partial charge in [0.25, 0.3) is 0 Å². The molecule has 0 unspecified atom stereocenters. The maximum absolute atomic E-state index is 5.66. The molecule has 0 aromatic rings. The van der Waals surface area contributed by atoms with Crippen molar-refractivity contribution >= 4 is 0 Å². The lowest BCUT2D eigenvalue weighted by Crippen LogP contribution is -2.40. The fourth-order valence-corrected chi connectivity index (χ4v) is 2.34. The lowest BCUT2D eigenvalue weighted by Gasteiger charge is -2.31. The van der Waals surface area contributed by atoms with E-state index in [0.29, 0.717) is 6.10 Å². The highest BCUT2D eigenvalue weighted by Gasteiger charge is 2.18. The van der Waals surface area contributed by atoms with E-state index in [9.17, 15) is 0 Å². The molecule has 0 spiro atoms. The molecule has 1 fully saturated rings. The van der Waals surface area contributed by atoms with Gasteiger partial charge in [-0.1, -0.05) is 0 Å². The van der Waals surface area contributed by atoms with E-state index in [1.54, 1.807) is 0 Å². The predicted molar refractivity (Wildman–Crippen MR) is 75.1 cm³/mol. The van der Waals surface area contributed by atoms with Crippen LogP contribution in [0.5, 0.6) is 0 Å². The van der Waals surface area contributed by atoms with E-state index in [0.717, 1.165) is 45.9 Å². The number of hydrogen-bond donors (Lipinski definition) is 1. The second-order valence-electron chi connectivity index (χ2n) is 4.80. The molecule has 0 saturated carbocycles. The van der Waals surface area contributed by atoms with Crippen LogP contribution in [0.15, 0.2) is 0 Å². The lowest BCUT2D eigenvalue weighted by molar-refractivity contribution is 0.0145. The molecular weight excluding hydrogens is 228 g/mol. The van der Waals surface area contributed by atoms with Gasteiger partial charge in [-0.2, -0.15) is 0 Å². The first-order chi connectivity index (χ1) is 8.86. The van der Waals surface area contributed by atoms with Gasteiger partial charge in [-0.15, -0.1) is 0 Å². The first kappa shape index (κ1) is 15.9. The van der Waals surface area contributed by atoms with Crippen LogP contribution < -0.4 is 5.32 Å². The molecule has 18 heavy (non-hydrogen) atoms. The van der Waals surface area contributed by atoms with E-state index in [4.69, 9.17) is 9.47 Å². The minimum atomic E-state index is 0.505. The highest BCUT2D eigenvalue weighted by atomic mass is 16.5. The van der Waals surface area contributed by atoms with Gasteiger partial charge in [-0.25, -0.2) is 0 Å². The van der Waals surface area contributed by atoms with E-state index < -0.39 is 0 Å². The monoisotopic (exact) mass is 258 g/mol. The summed E-state index contributed by atoms with van der Waals surface area (Å²) in [6.45, 7) is 12.4. The van der Waals surface area contributed by atoms with Crippen LogP contribution in [0.2, 0.25) is 0 Å². The SMILES string of the molecule is CCOCCCNCCN1CCC(OCC)CC1. The molecule has 108 valence electrons. The normalized spacial score (nSPS) is 18.3. The minimum absolute atomic E-state index is 0.505. The summed E-state index contributed by atoms with van der Waals surface area (Å²) in [5.74, 6) is 0. The van der Waals surface area contributed by atoms with E-state index in [1.165, 1.54) is 25.9 Å². The molecule has 4 nitrogen and oxygen atoms in total. The van der Waals surface area contributed by atoms with Gasteiger partial charge in [-0.3, -0.25) is 0 Å². The van der Waals surface area contributed by atoms with Crippen molar-refractivity contribution in [3.8, 4) is 0 Å². The third kappa shape index (κ3) is 7.31. The molecule has 4 heteroatoms. The first-order valence-corrected chi connectivity index (χ1v) is 7.49. The van der Waals surface area contributed by atoms with E-state index in [2.05, 4.69) is 17.1 Å². The quantitative estimate of drug-likeness (QED) is 0.602. The fourth-order valence-electron chi connectivity index (χ4n) is 2.34. The van der Waals surface area contributed by atoms with Gasteiger partial charge in [0.2, 0.25) is 0 Å². The zero-order valence-electron chi connectivity index (χ0n) is 12.1. The number of hydrogen-bond acceptors (Lipinski definition) is 4. The van der Waals surface area contributed by atoms with Gasteiger partial charge >= 0.3 is 0 Å². The van der Waals surface area contributed by atoms with Crippen molar-refractivity contribution in [3.05, 3.63) is 0 Å². The van der Waals surface area contributed by atoms with Crippen molar-refractivity contribution in [2.75, 3.05) is 52.5 Å². The van der Waals surface area contributed by atoms with Crippen LogP contribution in [0.3, 0.4) is 0 Å². The Balaban J connectivity index is 1.88. The van der Waals surface area contributed by atoms with Crippen LogP contribution in [-0.2, 0) is 9.47 Å². The summed E-state index contributed by atoms with van der Waals surface area (Å²) in [5, 5.41) is 3.48. The zero-order valence-corrected chi connectivity index (χ0v) is 12.1. The maximum Gasteiger partial charge on any atom is 0.0599 e. The number of likely N-dealkylation sites (tertiary alicyclic amines) is 1. The van der Waals surface area contributed by atoms with Crippen molar-refractivity contribution in [1.82, 2.24) is 10.2 Å². The van der Waals surface area contributed by atoms with Crippen LogP contribution in [0.25, 0.3) is 0 Å². The Morgan fingerprint density at radius 1 is 1.11 bits per heavy atom. The molecule has 1 rings (SSSR count). The van der Waals surface area contributed by atoms with Gasteiger partial charge in [0.05, 0.1) is 6.10 Å². The van der Waals surface area contributed by atoms with Gasteiger partial charge in [0.1, 0.15) is 0 Å². The summed E-state index contributed by atoms with van der Waals surface area (Å²) in [6.07, 6.45) is 4.00. The summed E-state index contributed by atoms with van der Waals surface area (Å²) in [6, 6.07) is 0. The Hall–Kier alpha value is -0.160. The Kier molecular flexibility index (Phi) is 9.48. The van der Waals surface area contributed by atoms with Gasteiger partial charge < -0.3 is 19.7 Å². The van der Waals surface area contributed by atoms with Crippen LogP contribution >= 0.6 is 0 Å². The minimum Gasteiger partial charge on any atom is -0.382 e. The fraction of sp³-hybridized carbons (Fsp3) is 1.00. The Labute approximate surface area is 112 Å². The second kappa shape index (κ2) is 10.7. The third-order valence-electron chi connectivity index (χ3n) is 3.39. The second-order valence-corrected chi connectivity index (χ2v) is 4.80. The highest BCUT2D eigenvalue weighted by molar-refractivity contribution is 4.72. The van der Waals surface area contributed by atoms with Crippen molar-refractivity contribution in [1.29, 1.82) is 0 Å². The summed E-state index contributed by atoms with van der Waals surface area (Å²) in [7, 11) is 0. The number of rotatable bonds is 10. The van der Waals surface area contributed by atoms with Crippen LogP contribution in [-0.4, -0.2) is 63.5 Å². The lowest BCUT2D eigenvalue weighted by atomic mass is 10.1. The number of nitrogens with zero attached hydrogens (tertiary/aromatic N) is 1. The average molecular weight is 258 g/mol. The molecule has 1 aliphatic heterocycles. The molecular formula is C14H30N2O2. The smallest absolute Gasteiger partial charge is 0.0599 e. The van der Waals surface area contributed by atoms with Gasteiger partial charge in [0.15, 0.2) is 0 Å². The molecule has 1 saturated heterocycles. The van der Waals surface area contributed by atoms with E-state index in [1.807, 2.05) is 6.92 Å². The van der Waals surface area contributed by atoms with E-state index >= 15 is 0 Å². The summed E-state index contributed by atoms with van der Waals surface area (Å²) in [4.78, 5) is 2.53. The molecule has 0 bridgehead atoms. The molecule has 0 aromatic carbocycles. The van der Waals surface area contributed by atoms with Crippen LogP contribution in [0, 0.1) is 0 Å². The average Bonchev–Trinajstić information content (AvgIpc) is 2.40. The molecule has 0 radical (unpaired) electrons. The zero-order chi connectivity index (χ0) is 13.1. The standard InChI is InChI=1S/C14H30N2O2/c1-3-17-13-5-8-15-9-12-16-10-6-14(7-11-16)18-4-2/h14-15H,3-13H2,1-2H3. The number of piperidine rings is 1. The number of ether oxygens (including phenoxy) is 2. The summed E-state index contributed by atoms with van der Waals surface area (Å²) in [5.41, 5.74) is 0. The summed E-state index contributed by atoms with van der Waals surface area (Å²) >= 11 is 0. The molecule has 0 aliphatic carbocycles. The van der Waals surface area contributed by atoms with E-state index in [-0.39, 0.29) is 0 Å². The largest absolute Gasteiger partial charge is 0.382 e. The van der Waals surface area contributed by atoms with Gasteiger partial charge in [-0.05, 0) is 39.7 Å². The molecule has 0 atom stereocenters. The van der Waals surface area contributed by atoms with Crippen LogP contribution in [0.1, 0.15) is 33.1 Å².